The second-order valence-electron chi connectivity index (χ2n) is 5.93. The highest BCUT2D eigenvalue weighted by atomic mass is 32.1. The van der Waals surface area contributed by atoms with Gasteiger partial charge in [-0.05, 0) is 43.7 Å². The first-order valence-electron chi connectivity index (χ1n) is 7.76. The molecule has 1 aromatic carbocycles. The normalized spacial score (nSPS) is 13.9. The Morgan fingerprint density at radius 3 is 2.65 bits per heavy atom. The number of benzene rings is 1. The van der Waals surface area contributed by atoms with E-state index in [9.17, 15) is 5.11 Å². The summed E-state index contributed by atoms with van der Waals surface area (Å²) in [5.41, 5.74) is 2.13. The van der Waals surface area contributed by atoms with Gasteiger partial charge in [0.25, 0.3) is 0 Å². The first-order chi connectivity index (χ1) is 11.0. The topological polar surface area (TPSA) is 58.0 Å². The quantitative estimate of drug-likeness (QED) is 0.736. The van der Waals surface area contributed by atoms with Crippen LogP contribution >= 0.6 is 11.3 Å². The molecule has 3 rings (SSSR count). The van der Waals surface area contributed by atoms with E-state index in [4.69, 9.17) is 0 Å². The van der Waals surface area contributed by atoms with Crippen LogP contribution in [0.5, 0.6) is 0 Å². The molecule has 0 aliphatic carbocycles. The lowest BCUT2D eigenvalue weighted by Gasteiger charge is -2.19. The molecule has 0 saturated heterocycles. The Bertz CT molecular complexity index is 801. The Hall–Kier alpha value is -1.98. The summed E-state index contributed by atoms with van der Waals surface area (Å²) < 4.78 is 0. The fraction of sp³-hybridized carbons (Fsp3) is 0.333. The van der Waals surface area contributed by atoms with Crippen molar-refractivity contribution >= 4 is 27.4 Å². The van der Waals surface area contributed by atoms with E-state index in [1.54, 1.807) is 11.3 Å². The summed E-state index contributed by atoms with van der Waals surface area (Å²) in [7, 11) is 0. The monoisotopic (exact) mass is 327 g/mol. The third-order valence-electron chi connectivity index (χ3n) is 3.87. The number of nitrogens with zero attached hydrogens (tertiary/aromatic N) is 2. The number of fused-ring (bicyclic) bond motifs is 1. The van der Waals surface area contributed by atoms with E-state index < -0.39 is 6.10 Å². The Morgan fingerprint density at radius 1 is 1.17 bits per heavy atom. The van der Waals surface area contributed by atoms with E-state index in [-0.39, 0.29) is 6.04 Å². The molecule has 120 valence electrons. The highest BCUT2D eigenvalue weighted by Gasteiger charge is 2.16. The van der Waals surface area contributed by atoms with Crippen LogP contribution in [0.4, 0.5) is 5.82 Å². The second-order valence-corrected chi connectivity index (χ2v) is 6.78. The Kier molecular flexibility index (Phi) is 4.59. The minimum absolute atomic E-state index is 0.0991. The largest absolute Gasteiger partial charge is 0.388 e. The number of aliphatic hydroxyl groups excluding tert-OH is 1. The molecule has 0 spiro atoms. The molecule has 2 N–H and O–H groups in total. The summed E-state index contributed by atoms with van der Waals surface area (Å²) in [6.45, 7) is 6.05. The van der Waals surface area contributed by atoms with Crippen LogP contribution in [-0.4, -0.2) is 21.1 Å². The van der Waals surface area contributed by atoms with Gasteiger partial charge in [0.05, 0.1) is 11.5 Å². The summed E-state index contributed by atoms with van der Waals surface area (Å²) in [6, 6.07) is 9.85. The molecule has 2 heterocycles. The maximum absolute atomic E-state index is 10.4. The van der Waals surface area contributed by atoms with E-state index in [2.05, 4.69) is 34.5 Å². The van der Waals surface area contributed by atoms with Crippen LogP contribution in [0.2, 0.25) is 0 Å². The van der Waals surface area contributed by atoms with Gasteiger partial charge in [0.15, 0.2) is 0 Å². The first-order valence-corrected chi connectivity index (χ1v) is 8.64. The number of aryl methyl sites for hydroxylation is 2. The van der Waals surface area contributed by atoms with Gasteiger partial charge >= 0.3 is 0 Å². The van der Waals surface area contributed by atoms with E-state index >= 15 is 0 Å². The standard InChI is InChI=1S/C18H21N3OS/c1-11-10-23-18-16(11)17(20-13(3)21-18)19-12(2)9-15(22)14-7-5-4-6-8-14/h4-8,10,12,15,22H,9H2,1-3H3,(H,19,20,21). The second kappa shape index (κ2) is 6.64. The van der Waals surface area contributed by atoms with Crippen LogP contribution in [0.25, 0.3) is 10.2 Å². The number of nitrogens with one attached hydrogen (secondary N) is 1. The number of aromatic nitrogens is 2. The zero-order valence-electron chi connectivity index (χ0n) is 13.6. The molecule has 0 fully saturated rings. The molecular weight excluding hydrogens is 306 g/mol. The van der Waals surface area contributed by atoms with Gasteiger partial charge < -0.3 is 10.4 Å². The van der Waals surface area contributed by atoms with Gasteiger partial charge in [-0.2, -0.15) is 0 Å². The smallest absolute Gasteiger partial charge is 0.138 e. The number of thiophene rings is 1. The van der Waals surface area contributed by atoms with Crippen molar-refractivity contribution in [2.45, 2.75) is 39.3 Å². The molecule has 0 aliphatic rings. The van der Waals surface area contributed by atoms with Crippen molar-refractivity contribution in [3.8, 4) is 0 Å². The predicted octanol–water partition coefficient (Wildman–Crippen LogP) is 4.23. The van der Waals surface area contributed by atoms with Crippen molar-refractivity contribution in [1.82, 2.24) is 9.97 Å². The summed E-state index contributed by atoms with van der Waals surface area (Å²) in [6.07, 6.45) is 0.137. The highest BCUT2D eigenvalue weighted by Crippen LogP contribution is 2.30. The van der Waals surface area contributed by atoms with Gasteiger partial charge in [0.1, 0.15) is 16.5 Å². The maximum atomic E-state index is 10.4. The van der Waals surface area contributed by atoms with Crippen LogP contribution in [0.15, 0.2) is 35.7 Å². The average Bonchev–Trinajstić information content (AvgIpc) is 2.89. The lowest BCUT2D eigenvalue weighted by atomic mass is 10.0. The van der Waals surface area contributed by atoms with E-state index in [1.165, 1.54) is 5.56 Å². The van der Waals surface area contributed by atoms with Crippen LogP contribution in [0.3, 0.4) is 0 Å². The maximum Gasteiger partial charge on any atom is 0.138 e. The predicted molar refractivity (Wildman–Crippen MR) is 96.0 cm³/mol. The van der Waals surface area contributed by atoms with Gasteiger partial charge in [0.2, 0.25) is 0 Å². The Labute approximate surface area is 140 Å². The van der Waals surface area contributed by atoms with E-state index in [0.29, 0.717) is 6.42 Å². The average molecular weight is 327 g/mol. The zero-order valence-corrected chi connectivity index (χ0v) is 14.4. The summed E-state index contributed by atoms with van der Waals surface area (Å²) in [4.78, 5) is 10.1. The van der Waals surface area contributed by atoms with Crippen molar-refractivity contribution in [2.75, 3.05) is 5.32 Å². The molecule has 23 heavy (non-hydrogen) atoms. The molecule has 2 atom stereocenters. The van der Waals surface area contributed by atoms with Gasteiger partial charge in [-0.3, -0.25) is 0 Å². The van der Waals surface area contributed by atoms with E-state index in [0.717, 1.165) is 27.4 Å². The molecule has 0 aliphatic heterocycles. The SMILES string of the molecule is Cc1nc(NC(C)CC(O)c2ccccc2)c2c(C)csc2n1. The third kappa shape index (κ3) is 3.51. The lowest BCUT2D eigenvalue weighted by Crippen LogP contribution is -2.20. The lowest BCUT2D eigenvalue weighted by molar-refractivity contribution is 0.162. The summed E-state index contributed by atoms with van der Waals surface area (Å²) in [5, 5.41) is 17.0. The Balaban J connectivity index is 1.78. The summed E-state index contributed by atoms with van der Waals surface area (Å²) in [5.74, 6) is 1.62. The van der Waals surface area contributed by atoms with Crippen molar-refractivity contribution in [3.63, 3.8) is 0 Å². The molecule has 0 bridgehead atoms. The van der Waals surface area contributed by atoms with Gasteiger partial charge in [-0.15, -0.1) is 11.3 Å². The summed E-state index contributed by atoms with van der Waals surface area (Å²) >= 11 is 1.64. The molecule has 5 heteroatoms. The molecule has 0 radical (unpaired) electrons. The minimum atomic E-state index is -0.485. The van der Waals surface area contributed by atoms with Crippen molar-refractivity contribution < 1.29 is 5.11 Å². The zero-order chi connectivity index (χ0) is 16.4. The van der Waals surface area contributed by atoms with Crippen LogP contribution in [0, 0.1) is 13.8 Å². The molecule has 3 aromatic rings. The van der Waals surface area contributed by atoms with Crippen molar-refractivity contribution in [1.29, 1.82) is 0 Å². The van der Waals surface area contributed by atoms with Gasteiger partial charge in [-0.25, -0.2) is 9.97 Å². The van der Waals surface area contributed by atoms with Crippen molar-refractivity contribution in [2.24, 2.45) is 0 Å². The molecule has 0 amide bonds. The molecule has 0 saturated carbocycles. The van der Waals surface area contributed by atoms with E-state index in [1.807, 2.05) is 37.3 Å². The first kappa shape index (κ1) is 15.9. The fourth-order valence-corrected chi connectivity index (χ4v) is 3.70. The minimum Gasteiger partial charge on any atom is -0.388 e. The molecule has 4 nitrogen and oxygen atoms in total. The molecule has 2 unspecified atom stereocenters. The number of anilines is 1. The molecule has 2 aromatic heterocycles. The number of rotatable bonds is 5. The number of hydrogen-bond donors (Lipinski definition) is 2. The van der Waals surface area contributed by atoms with Gasteiger partial charge in [-0.1, -0.05) is 30.3 Å². The van der Waals surface area contributed by atoms with Crippen LogP contribution in [0.1, 0.15) is 36.4 Å². The van der Waals surface area contributed by atoms with Gasteiger partial charge in [0, 0.05) is 6.04 Å². The number of aliphatic hydroxyl groups is 1. The van der Waals surface area contributed by atoms with Crippen molar-refractivity contribution in [3.05, 3.63) is 52.7 Å². The van der Waals surface area contributed by atoms with Crippen LogP contribution < -0.4 is 5.32 Å². The molecular formula is C18H21N3OS. The number of hydrogen-bond acceptors (Lipinski definition) is 5. The highest BCUT2D eigenvalue weighted by molar-refractivity contribution is 7.17. The fourth-order valence-electron chi connectivity index (χ4n) is 2.73. The van der Waals surface area contributed by atoms with Crippen LogP contribution in [-0.2, 0) is 0 Å². The third-order valence-corrected chi connectivity index (χ3v) is 4.86. The Morgan fingerprint density at radius 2 is 1.91 bits per heavy atom.